The lowest BCUT2D eigenvalue weighted by Gasteiger charge is -2.30. The summed E-state index contributed by atoms with van der Waals surface area (Å²) in [5.41, 5.74) is 4.49. The van der Waals surface area contributed by atoms with Crippen LogP contribution in [0.3, 0.4) is 0 Å². The monoisotopic (exact) mass is 415 g/mol. The molecular formula is C23H21N5OS. The van der Waals surface area contributed by atoms with Gasteiger partial charge in [-0.05, 0) is 49.1 Å². The maximum atomic E-state index is 13.0. The number of hydrogen-bond acceptors (Lipinski definition) is 6. The molecule has 6 nitrogen and oxygen atoms in total. The Hall–Kier alpha value is -3.32. The largest absolute Gasteiger partial charge is 0.351 e. The number of aryl methyl sites for hydroxylation is 2. The number of carbonyl (C=O) groups is 1. The molecule has 0 radical (unpaired) electrons. The Morgan fingerprint density at radius 2 is 1.90 bits per heavy atom. The number of benzene rings is 1. The average molecular weight is 416 g/mol. The van der Waals surface area contributed by atoms with Crippen LogP contribution in [-0.2, 0) is 13.0 Å². The quantitative estimate of drug-likeness (QED) is 0.533. The van der Waals surface area contributed by atoms with E-state index >= 15 is 0 Å². The highest BCUT2D eigenvalue weighted by Crippen LogP contribution is 2.36. The zero-order valence-electron chi connectivity index (χ0n) is 16.8. The molecule has 1 aromatic carbocycles. The molecule has 4 heterocycles. The van der Waals surface area contributed by atoms with Gasteiger partial charge in [0, 0.05) is 18.8 Å². The summed E-state index contributed by atoms with van der Waals surface area (Å²) >= 11 is 1.40. The van der Waals surface area contributed by atoms with Crippen LogP contribution in [-0.4, -0.2) is 27.4 Å². The minimum Gasteiger partial charge on any atom is -0.351 e. The van der Waals surface area contributed by atoms with Crippen molar-refractivity contribution in [2.24, 2.45) is 0 Å². The second-order valence-electron chi connectivity index (χ2n) is 7.49. The molecule has 150 valence electrons. The van der Waals surface area contributed by atoms with E-state index in [9.17, 15) is 4.79 Å². The van der Waals surface area contributed by atoms with E-state index in [-0.39, 0.29) is 5.91 Å². The summed E-state index contributed by atoms with van der Waals surface area (Å²) in [5, 5.41) is 3.87. The van der Waals surface area contributed by atoms with Gasteiger partial charge < -0.3 is 10.2 Å². The summed E-state index contributed by atoms with van der Waals surface area (Å²) in [7, 11) is 0. The average Bonchev–Trinajstić information content (AvgIpc) is 3.10. The number of nitrogens with one attached hydrogen (secondary N) is 1. The lowest BCUT2D eigenvalue weighted by atomic mass is 9.99. The van der Waals surface area contributed by atoms with Gasteiger partial charge in [0.25, 0.3) is 5.91 Å². The molecule has 0 saturated carbocycles. The van der Waals surface area contributed by atoms with Crippen molar-refractivity contribution in [1.29, 1.82) is 0 Å². The second kappa shape index (κ2) is 7.50. The zero-order chi connectivity index (χ0) is 20.7. The molecule has 0 atom stereocenters. The smallest absolute Gasteiger partial charge is 0.267 e. The van der Waals surface area contributed by atoms with Gasteiger partial charge in [-0.25, -0.2) is 15.0 Å². The van der Waals surface area contributed by atoms with Gasteiger partial charge in [-0.3, -0.25) is 4.79 Å². The van der Waals surface area contributed by atoms with Crippen LogP contribution >= 0.6 is 11.3 Å². The third-order valence-corrected chi connectivity index (χ3v) is 6.67. The molecule has 5 rings (SSSR count). The van der Waals surface area contributed by atoms with Crippen LogP contribution in [0.4, 0.5) is 11.6 Å². The van der Waals surface area contributed by atoms with E-state index in [0.717, 1.165) is 46.8 Å². The molecule has 1 N–H and O–H groups in total. The van der Waals surface area contributed by atoms with Gasteiger partial charge in [0.05, 0.1) is 10.3 Å². The first-order valence-electron chi connectivity index (χ1n) is 9.91. The molecule has 1 aliphatic heterocycles. The lowest BCUT2D eigenvalue weighted by Crippen LogP contribution is -2.31. The van der Waals surface area contributed by atoms with Gasteiger partial charge in [-0.15, -0.1) is 11.3 Å². The Morgan fingerprint density at radius 1 is 1.07 bits per heavy atom. The van der Waals surface area contributed by atoms with Crippen LogP contribution in [0.2, 0.25) is 0 Å². The van der Waals surface area contributed by atoms with Crippen LogP contribution in [0.1, 0.15) is 32.1 Å². The molecule has 0 unspecified atom stereocenters. The van der Waals surface area contributed by atoms with E-state index in [2.05, 4.69) is 49.4 Å². The summed E-state index contributed by atoms with van der Waals surface area (Å²) in [6.45, 7) is 5.58. The fourth-order valence-corrected chi connectivity index (χ4v) is 5.01. The Labute approximate surface area is 178 Å². The van der Waals surface area contributed by atoms with Gasteiger partial charge >= 0.3 is 0 Å². The summed E-state index contributed by atoms with van der Waals surface area (Å²) < 4.78 is 0. The highest BCUT2D eigenvalue weighted by molar-refractivity contribution is 7.20. The molecular weight excluding hydrogens is 394 g/mol. The van der Waals surface area contributed by atoms with Crippen molar-refractivity contribution in [3.63, 3.8) is 0 Å². The van der Waals surface area contributed by atoms with Crippen LogP contribution in [0.5, 0.6) is 0 Å². The van der Waals surface area contributed by atoms with Crippen LogP contribution in [0.15, 0.2) is 48.8 Å². The van der Waals surface area contributed by atoms with Gasteiger partial charge in [0.15, 0.2) is 0 Å². The number of nitrogens with zero attached hydrogens (tertiary/aromatic N) is 4. The Bertz CT molecular complexity index is 1270. The van der Waals surface area contributed by atoms with Crippen molar-refractivity contribution < 1.29 is 4.79 Å². The standard InChI is InChI=1S/C23H21N5OS/c1-14-6-5-9-18(26-14)27-22(29)20-15(2)19-21(24-13-25-23(19)30-20)28-11-10-16-7-3-4-8-17(16)12-28/h3-9,13H,10-12H2,1-2H3,(H,26,27,29). The number of thiophene rings is 1. The molecule has 3 aromatic heterocycles. The molecule has 0 spiro atoms. The molecule has 4 aromatic rings. The van der Waals surface area contributed by atoms with E-state index < -0.39 is 0 Å². The predicted molar refractivity (Wildman–Crippen MR) is 120 cm³/mol. The maximum absolute atomic E-state index is 13.0. The van der Waals surface area contributed by atoms with Gasteiger partial charge in [0.1, 0.15) is 22.8 Å². The SMILES string of the molecule is Cc1cccc(NC(=O)c2sc3ncnc(N4CCc5ccccc5C4)c3c2C)n1. The number of hydrogen-bond donors (Lipinski definition) is 1. The van der Waals surface area contributed by atoms with E-state index in [1.54, 1.807) is 12.4 Å². The number of amides is 1. The van der Waals surface area contributed by atoms with Crippen LogP contribution in [0, 0.1) is 13.8 Å². The Kier molecular flexibility index (Phi) is 4.67. The predicted octanol–water partition coefficient (Wildman–Crippen LogP) is 4.52. The topological polar surface area (TPSA) is 71.0 Å². The molecule has 0 saturated heterocycles. The summed E-state index contributed by atoms with van der Waals surface area (Å²) in [4.78, 5) is 30.2. The number of fused-ring (bicyclic) bond motifs is 2. The molecule has 0 aliphatic carbocycles. The third-order valence-electron chi connectivity index (χ3n) is 5.47. The van der Waals surface area contributed by atoms with Crippen molar-refractivity contribution in [1.82, 2.24) is 15.0 Å². The number of anilines is 2. The Morgan fingerprint density at radius 3 is 2.73 bits per heavy atom. The van der Waals surface area contributed by atoms with Crippen molar-refractivity contribution in [3.05, 3.63) is 76.1 Å². The molecule has 7 heteroatoms. The summed E-state index contributed by atoms with van der Waals surface area (Å²) in [5.74, 6) is 1.29. The fourth-order valence-electron chi connectivity index (χ4n) is 3.97. The first kappa shape index (κ1) is 18.7. The van der Waals surface area contributed by atoms with Crippen molar-refractivity contribution in [2.45, 2.75) is 26.8 Å². The number of aromatic nitrogens is 3. The van der Waals surface area contributed by atoms with Crippen molar-refractivity contribution in [2.75, 3.05) is 16.8 Å². The highest BCUT2D eigenvalue weighted by Gasteiger charge is 2.24. The first-order chi connectivity index (χ1) is 14.6. The van der Waals surface area contributed by atoms with Gasteiger partial charge in [-0.1, -0.05) is 30.3 Å². The molecule has 1 aliphatic rings. The molecule has 0 bridgehead atoms. The summed E-state index contributed by atoms with van der Waals surface area (Å²) in [6, 6.07) is 14.1. The van der Waals surface area contributed by atoms with Crippen molar-refractivity contribution >= 4 is 39.1 Å². The minimum absolute atomic E-state index is 0.163. The van der Waals surface area contributed by atoms with Gasteiger partial charge in [0.2, 0.25) is 0 Å². The van der Waals surface area contributed by atoms with E-state index in [1.165, 1.54) is 22.5 Å². The molecule has 30 heavy (non-hydrogen) atoms. The normalized spacial score (nSPS) is 13.3. The van der Waals surface area contributed by atoms with Gasteiger partial charge in [-0.2, -0.15) is 0 Å². The maximum Gasteiger partial charge on any atom is 0.267 e. The first-order valence-corrected chi connectivity index (χ1v) is 10.7. The Balaban J connectivity index is 1.50. The molecule has 1 amide bonds. The van der Waals surface area contributed by atoms with Crippen LogP contribution < -0.4 is 10.2 Å². The fraction of sp³-hybridized carbons (Fsp3) is 0.217. The lowest BCUT2D eigenvalue weighted by molar-refractivity contribution is 0.102. The van der Waals surface area contributed by atoms with Crippen molar-refractivity contribution in [3.8, 4) is 0 Å². The zero-order valence-corrected chi connectivity index (χ0v) is 17.7. The van der Waals surface area contributed by atoms with Crippen LogP contribution in [0.25, 0.3) is 10.2 Å². The summed E-state index contributed by atoms with van der Waals surface area (Å²) in [6.07, 6.45) is 2.58. The minimum atomic E-state index is -0.163. The number of rotatable bonds is 3. The third kappa shape index (κ3) is 3.31. The number of carbonyl (C=O) groups excluding carboxylic acids is 1. The highest BCUT2D eigenvalue weighted by atomic mass is 32.1. The number of pyridine rings is 1. The van der Waals surface area contributed by atoms with E-state index in [1.807, 2.05) is 26.0 Å². The van der Waals surface area contributed by atoms with E-state index in [0.29, 0.717) is 10.7 Å². The second-order valence-corrected chi connectivity index (χ2v) is 8.49. The molecule has 0 fully saturated rings. The van der Waals surface area contributed by atoms with E-state index in [4.69, 9.17) is 0 Å².